The zero-order chi connectivity index (χ0) is 13.4. The molecule has 1 aromatic carbocycles. The highest BCUT2D eigenvalue weighted by molar-refractivity contribution is 6.00. The zero-order valence-electron chi connectivity index (χ0n) is 10.8. The summed E-state index contributed by atoms with van der Waals surface area (Å²) < 4.78 is 0. The summed E-state index contributed by atoms with van der Waals surface area (Å²) in [6, 6.07) is 5.46. The van der Waals surface area contributed by atoms with E-state index in [4.69, 9.17) is 5.11 Å². The van der Waals surface area contributed by atoms with E-state index in [0.717, 1.165) is 16.8 Å². The lowest BCUT2D eigenvalue weighted by atomic mass is 10.0. The van der Waals surface area contributed by atoms with E-state index in [-0.39, 0.29) is 18.4 Å². The largest absolute Gasteiger partial charge is 0.481 e. The highest BCUT2D eigenvalue weighted by Crippen LogP contribution is 2.33. The molecule has 1 aliphatic heterocycles. The van der Waals surface area contributed by atoms with Gasteiger partial charge in [-0.1, -0.05) is 12.1 Å². The van der Waals surface area contributed by atoms with Crippen LogP contribution in [0.2, 0.25) is 0 Å². The summed E-state index contributed by atoms with van der Waals surface area (Å²) >= 11 is 0. The first-order valence-electron chi connectivity index (χ1n) is 6.04. The Hall–Kier alpha value is -1.84. The summed E-state index contributed by atoms with van der Waals surface area (Å²) in [5, 5.41) is 9.11. The van der Waals surface area contributed by atoms with Crippen LogP contribution in [0, 0.1) is 19.8 Å². The van der Waals surface area contributed by atoms with E-state index in [1.807, 2.05) is 32.0 Å². The molecule has 0 saturated carbocycles. The van der Waals surface area contributed by atoms with Crippen molar-refractivity contribution in [3.63, 3.8) is 0 Å². The standard InChI is InChI=1S/C14H17NO3/c1-8-5-4-6-12(9(8)2)15-10(3)11(14(17)18)7-13(15)16/h4-6,10-11H,7H2,1-3H3,(H,17,18). The van der Waals surface area contributed by atoms with E-state index in [0.29, 0.717) is 0 Å². The normalized spacial score (nSPS) is 23.5. The van der Waals surface area contributed by atoms with Crippen molar-refractivity contribution in [3.8, 4) is 0 Å². The molecule has 0 aromatic heterocycles. The first kappa shape index (κ1) is 12.6. The fraction of sp³-hybridized carbons (Fsp3) is 0.429. The Morgan fingerprint density at radius 3 is 2.61 bits per heavy atom. The van der Waals surface area contributed by atoms with Gasteiger partial charge in [0, 0.05) is 18.2 Å². The molecular formula is C14H17NO3. The van der Waals surface area contributed by atoms with E-state index >= 15 is 0 Å². The number of benzene rings is 1. The van der Waals surface area contributed by atoms with E-state index in [2.05, 4.69) is 0 Å². The molecule has 0 spiro atoms. The number of carboxylic acid groups (broad SMARTS) is 1. The maximum atomic E-state index is 12.0. The molecule has 18 heavy (non-hydrogen) atoms. The van der Waals surface area contributed by atoms with Gasteiger partial charge in [0.25, 0.3) is 0 Å². The highest BCUT2D eigenvalue weighted by atomic mass is 16.4. The first-order valence-corrected chi connectivity index (χ1v) is 6.04. The number of carbonyl (C=O) groups is 2. The summed E-state index contributed by atoms with van der Waals surface area (Å²) in [5.41, 5.74) is 2.96. The van der Waals surface area contributed by atoms with Crippen LogP contribution in [0.1, 0.15) is 24.5 Å². The fourth-order valence-electron chi connectivity index (χ4n) is 2.51. The Kier molecular flexibility index (Phi) is 3.11. The minimum atomic E-state index is -0.899. The van der Waals surface area contributed by atoms with E-state index in [9.17, 15) is 9.59 Å². The summed E-state index contributed by atoms with van der Waals surface area (Å²) in [7, 11) is 0. The van der Waals surface area contributed by atoms with Crippen molar-refractivity contribution in [1.82, 2.24) is 0 Å². The lowest BCUT2D eigenvalue weighted by Crippen LogP contribution is -2.35. The average molecular weight is 247 g/mol. The van der Waals surface area contributed by atoms with Crippen LogP contribution in [0.5, 0.6) is 0 Å². The number of nitrogens with zero attached hydrogens (tertiary/aromatic N) is 1. The topological polar surface area (TPSA) is 57.6 Å². The van der Waals surface area contributed by atoms with E-state index < -0.39 is 11.9 Å². The summed E-state index contributed by atoms with van der Waals surface area (Å²) in [4.78, 5) is 24.8. The lowest BCUT2D eigenvalue weighted by molar-refractivity contribution is -0.142. The Bertz CT molecular complexity index is 510. The lowest BCUT2D eigenvalue weighted by Gasteiger charge is -2.25. The molecule has 1 N–H and O–H groups in total. The third kappa shape index (κ3) is 1.88. The van der Waals surface area contributed by atoms with Gasteiger partial charge >= 0.3 is 5.97 Å². The minimum Gasteiger partial charge on any atom is -0.481 e. The smallest absolute Gasteiger partial charge is 0.309 e. The number of carbonyl (C=O) groups excluding carboxylic acids is 1. The molecule has 1 saturated heterocycles. The summed E-state index contributed by atoms with van der Waals surface area (Å²) in [6.07, 6.45) is 0.0872. The van der Waals surface area contributed by atoms with Gasteiger partial charge in [0.2, 0.25) is 5.91 Å². The van der Waals surface area contributed by atoms with Gasteiger partial charge in [-0.3, -0.25) is 9.59 Å². The van der Waals surface area contributed by atoms with Crippen LogP contribution in [-0.2, 0) is 9.59 Å². The molecule has 96 valence electrons. The maximum absolute atomic E-state index is 12.0. The van der Waals surface area contributed by atoms with Gasteiger partial charge in [-0.15, -0.1) is 0 Å². The van der Waals surface area contributed by atoms with Gasteiger partial charge in [-0.2, -0.15) is 0 Å². The highest BCUT2D eigenvalue weighted by Gasteiger charge is 2.42. The van der Waals surface area contributed by atoms with Crippen molar-refractivity contribution in [2.75, 3.05) is 4.90 Å². The van der Waals surface area contributed by atoms with Crippen LogP contribution in [0.25, 0.3) is 0 Å². The molecule has 1 fully saturated rings. The van der Waals surface area contributed by atoms with Gasteiger partial charge in [0.05, 0.1) is 5.92 Å². The number of hydrogen-bond acceptors (Lipinski definition) is 2. The average Bonchev–Trinajstić information content (AvgIpc) is 2.59. The van der Waals surface area contributed by atoms with Crippen LogP contribution in [0.15, 0.2) is 18.2 Å². The maximum Gasteiger partial charge on any atom is 0.309 e. The van der Waals surface area contributed by atoms with Gasteiger partial charge < -0.3 is 10.0 Å². The van der Waals surface area contributed by atoms with Gasteiger partial charge in [-0.05, 0) is 38.0 Å². The summed E-state index contributed by atoms with van der Waals surface area (Å²) in [5.74, 6) is -1.62. The van der Waals surface area contributed by atoms with Gasteiger partial charge in [-0.25, -0.2) is 0 Å². The molecular weight excluding hydrogens is 230 g/mol. The molecule has 0 aliphatic carbocycles. The molecule has 2 rings (SSSR count). The number of aryl methyl sites for hydroxylation is 1. The van der Waals surface area contributed by atoms with Crippen molar-refractivity contribution in [1.29, 1.82) is 0 Å². The number of aliphatic carboxylic acids is 1. The fourth-order valence-corrected chi connectivity index (χ4v) is 2.51. The van der Waals surface area contributed by atoms with Crippen molar-refractivity contribution in [2.45, 2.75) is 33.2 Å². The molecule has 0 radical (unpaired) electrons. The summed E-state index contributed by atoms with van der Waals surface area (Å²) in [6.45, 7) is 5.74. The van der Waals surface area contributed by atoms with Crippen molar-refractivity contribution in [3.05, 3.63) is 29.3 Å². The van der Waals surface area contributed by atoms with E-state index in [1.54, 1.807) is 11.8 Å². The molecule has 1 heterocycles. The Morgan fingerprint density at radius 2 is 2.06 bits per heavy atom. The predicted molar refractivity (Wildman–Crippen MR) is 68.6 cm³/mol. The van der Waals surface area contributed by atoms with Crippen molar-refractivity contribution >= 4 is 17.6 Å². The van der Waals surface area contributed by atoms with E-state index in [1.165, 1.54) is 0 Å². The third-order valence-corrected chi connectivity index (χ3v) is 3.81. The molecule has 2 unspecified atom stereocenters. The van der Waals surface area contributed by atoms with Crippen LogP contribution in [0.3, 0.4) is 0 Å². The van der Waals surface area contributed by atoms with Crippen LogP contribution in [0.4, 0.5) is 5.69 Å². The van der Waals surface area contributed by atoms with Crippen molar-refractivity contribution in [2.24, 2.45) is 5.92 Å². The molecule has 2 atom stereocenters. The minimum absolute atomic E-state index is 0.0872. The number of hydrogen-bond donors (Lipinski definition) is 1. The van der Waals surface area contributed by atoms with Crippen LogP contribution >= 0.6 is 0 Å². The Labute approximate surface area is 106 Å². The number of rotatable bonds is 2. The number of carboxylic acids is 1. The number of amides is 1. The molecule has 1 aromatic rings. The number of anilines is 1. The Morgan fingerprint density at radius 1 is 1.39 bits per heavy atom. The quantitative estimate of drug-likeness (QED) is 0.871. The monoisotopic (exact) mass is 247 g/mol. The van der Waals surface area contributed by atoms with Crippen molar-refractivity contribution < 1.29 is 14.7 Å². The second-order valence-electron chi connectivity index (χ2n) is 4.87. The first-order chi connectivity index (χ1) is 8.43. The SMILES string of the molecule is Cc1cccc(N2C(=O)CC(C(=O)O)C2C)c1C. The molecule has 4 heteroatoms. The zero-order valence-corrected chi connectivity index (χ0v) is 10.8. The van der Waals surface area contributed by atoms with Crippen LogP contribution < -0.4 is 4.90 Å². The second-order valence-corrected chi connectivity index (χ2v) is 4.87. The second kappa shape index (κ2) is 4.44. The van der Waals surface area contributed by atoms with Gasteiger partial charge in [0.1, 0.15) is 0 Å². The molecule has 1 amide bonds. The molecule has 1 aliphatic rings. The Balaban J connectivity index is 2.42. The van der Waals surface area contributed by atoms with Gasteiger partial charge in [0.15, 0.2) is 0 Å². The molecule has 0 bridgehead atoms. The van der Waals surface area contributed by atoms with Crippen LogP contribution in [-0.4, -0.2) is 23.0 Å². The predicted octanol–water partition coefficient (Wildman–Crippen LogP) is 2.13. The molecule has 4 nitrogen and oxygen atoms in total. The third-order valence-electron chi connectivity index (χ3n) is 3.81.